The molecule has 4 aromatic rings. The molecule has 176 valence electrons. The molecule has 5 rings (SSSR count). The highest BCUT2D eigenvalue weighted by atomic mass is 19.4. The van der Waals surface area contributed by atoms with Crippen molar-refractivity contribution < 1.29 is 23.0 Å². The summed E-state index contributed by atoms with van der Waals surface area (Å²) in [6, 6.07) is 5.84. The monoisotopic (exact) mass is 474 g/mol. The second kappa shape index (κ2) is 8.20. The average molecular weight is 474 g/mol. The molecule has 1 saturated carbocycles. The van der Waals surface area contributed by atoms with E-state index in [-0.39, 0.29) is 47.0 Å². The zero-order valence-corrected chi connectivity index (χ0v) is 17.3. The molecule has 3 aromatic heterocycles. The molecule has 14 heteroatoms. The number of hydrogen-bond acceptors (Lipinski definition) is 8. The zero-order chi connectivity index (χ0) is 23.9. The average Bonchev–Trinajstić information content (AvgIpc) is 3.40. The summed E-state index contributed by atoms with van der Waals surface area (Å²) in [4.78, 5) is 29.4. The molecule has 0 unspecified atom stereocenters. The Balaban J connectivity index is 1.54. The maximum atomic E-state index is 12.7. The number of halogens is 3. The molecule has 0 aliphatic heterocycles. The minimum atomic E-state index is -4.82. The highest BCUT2D eigenvalue weighted by Gasteiger charge is 2.32. The van der Waals surface area contributed by atoms with Gasteiger partial charge in [0.15, 0.2) is 5.65 Å². The van der Waals surface area contributed by atoms with E-state index in [1.807, 2.05) is 0 Å². The van der Waals surface area contributed by atoms with Crippen molar-refractivity contribution in [2.75, 3.05) is 5.32 Å². The number of anilines is 1. The first-order valence-electron chi connectivity index (χ1n) is 10.2. The Bertz CT molecular complexity index is 1540. The van der Waals surface area contributed by atoms with E-state index in [0.29, 0.717) is 10.9 Å². The minimum Gasteiger partial charge on any atom is -0.493 e. The number of aromatic nitrogens is 6. The molecular formula is C20H17F3N8O3. The Morgan fingerprint density at radius 1 is 1.26 bits per heavy atom. The lowest BCUT2D eigenvalue weighted by atomic mass is 10.2. The van der Waals surface area contributed by atoms with Crippen molar-refractivity contribution in [1.82, 2.24) is 29.5 Å². The second-order valence-corrected chi connectivity index (χ2v) is 7.54. The number of para-hydroxylation sites is 1. The van der Waals surface area contributed by atoms with Gasteiger partial charge >= 0.3 is 12.1 Å². The molecule has 3 heterocycles. The summed E-state index contributed by atoms with van der Waals surface area (Å²) in [5.41, 5.74) is 0.381. The third kappa shape index (κ3) is 4.69. The molecule has 1 aromatic carbocycles. The smallest absolute Gasteiger partial charge is 0.493 e. The van der Waals surface area contributed by atoms with Gasteiger partial charge in [0.2, 0.25) is 11.8 Å². The van der Waals surface area contributed by atoms with E-state index in [4.69, 9.17) is 0 Å². The molecule has 1 aliphatic rings. The fraction of sp³-hybridized carbons (Fsp3) is 0.250. The molecule has 0 radical (unpaired) electrons. The number of aromatic hydroxyl groups is 1. The van der Waals surface area contributed by atoms with Gasteiger partial charge in [-0.3, -0.25) is 4.98 Å². The van der Waals surface area contributed by atoms with E-state index >= 15 is 0 Å². The molecular weight excluding hydrogens is 457 g/mol. The molecule has 1 fully saturated rings. The molecule has 11 nitrogen and oxygen atoms in total. The minimum absolute atomic E-state index is 0.0512. The van der Waals surface area contributed by atoms with Crippen LogP contribution in [-0.4, -0.2) is 47.1 Å². The predicted molar refractivity (Wildman–Crippen MR) is 112 cm³/mol. The van der Waals surface area contributed by atoms with Gasteiger partial charge in [0, 0.05) is 17.3 Å². The van der Waals surface area contributed by atoms with Gasteiger partial charge in [0.25, 0.3) is 5.62 Å². The number of aromatic amines is 2. The third-order valence-electron chi connectivity index (χ3n) is 4.89. The van der Waals surface area contributed by atoms with Crippen molar-refractivity contribution in [3.63, 3.8) is 0 Å². The fourth-order valence-corrected chi connectivity index (χ4v) is 3.21. The number of rotatable bonds is 6. The van der Waals surface area contributed by atoms with Crippen LogP contribution in [0.4, 0.5) is 19.1 Å². The van der Waals surface area contributed by atoms with Crippen LogP contribution in [0.5, 0.6) is 11.6 Å². The number of imidazole rings is 1. The molecule has 0 bridgehead atoms. The standard InChI is InChI=1S/C20H17F3N8O3/c21-20(22,23)34-14-4-2-1-3-10(14)8-24-17-28-15-11(7-13-16(32)29-19(33)27-13)9-25-31(15)18(30-17)26-12-5-6-12/h1-4,7,9,12,32H,5-6,8H2,(H,24,26,30)(H2,27,29,33). The van der Waals surface area contributed by atoms with E-state index in [2.05, 4.69) is 40.1 Å². The van der Waals surface area contributed by atoms with Gasteiger partial charge in [-0.15, -0.1) is 13.2 Å². The van der Waals surface area contributed by atoms with Gasteiger partial charge in [-0.1, -0.05) is 18.2 Å². The largest absolute Gasteiger partial charge is 0.573 e. The molecule has 1 aliphatic carbocycles. The van der Waals surface area contributed by atoms with E-state index < -0.39 is 12.1 Å². The van der Waals surface area contributed by atoms with Crippen LogP contribution in [-0.2, 0) is 6.54 Å². The summed E-state index contributed by atoms with van der Waals surface area (Å²) in [7, 11) is 0. The van der Waals surface area contributed by atoms with Crippen LogP contribution in [0.3, 0.4) is 0 Å². The van der Waals surface area contributed by atoms with Crippen molar-refractivity contribution in [3.05, 3.63) is 63.0 Å². The van der Waals surface area contributed by atoms with Gasteiger partial charge in [-0.05, 0) is 25.0 Å². The maximum absolute atomic E-state index is 12.7. The van der Waals surface area contributed by atoms with Crippen LogP contribution in [0.15, 0.2) is 40.2 Å². The van der Waals surface area contributed by atoms with Crippen molar-refractivity contribution >= 4 is 17.7 Å². The van der Waals surface area contributed by atoms with Crippen LogP contribution in [0.25, 0.3) is 11.7 Å². The van der Waals surface area contributed by atoms with Gasteiger partial charge in [0.1, 0.15) is 11.4 Å². The fourth-order valence-electron chi connectivity index (χ4n) is 3.21. The van der Waals surface area contributed by atoms with Crippen molar-refractivity contribution in [2.24, 2.45) is 4.99 Å². The first-order chi connectivity index (χ1) is 16.2. The van der Waals surface area contributed by atoms with Gasteiger partial charge in [0.05, 0.1) is 12.2 Å². The maximum Gasteiger partial charge on any atom is 0.573 e. The second-order valence-electron chi connectivity index (χ2n) is 7.54. The normalized spacial score (nSPS) is 15.3. The summed E-state index contributed by atoms with van der Waals surface area (Å²) in [5.74, 6) is -0.576. The van der Waals surface area contributed by atoms with E-state index in [0.717, 1.165) is 12.8 Å². The Hall–Kier alpha value is -4.36. The molecule has 0 amide bonds. The summed E-state index contributed by atoms with van der Waals surface area (Å²) >= 11 is 0. The summed E-state index contributed by atoms with van der Waals surface area (Å²) in [6.07, 6.45) is -0.0597. The Kier molecular flexibility index (Phi) is 5.18. The number of benzene rings is 1. The van der Waals surface area contributed by atoms with Crippen LogP contribution in [0, 0.1) is 0 Å². The lowest BCUT2D eigenvalue weighted by molar-refractivity contribution is -0.274. The number of ether oxygens (including phenoxy) is 1. The Morgan fingerprint density at radius 2 is 2.06 bits per heavy atom. The molecule has 0 saturated heterocycles. The lowest BCUT2D eigenvalue weighted by Crippen LogP contribution is -2.25. The number of nitrogens with one attached hydrogen (secondary N) is 3. The van der Waals surface area contributed by atoms with E-state index in [9.17, 15) is 23.1 Å². The zero-order valence-electron chi connectivity index (χ0n) is 17.3. The van der Waals surface area contributed by atoms with E-state index in [1.54, 1.807) is 6.07 Å². The first-order valence-corrected chi connectivity index (χ1v) is 10.2. The number of H-pyrrole nitrogens is 2. The number of nitrogens with zero attached hydrogens (tertiary/aromatic N) is 5. The third-order valence-corrected chi connectivity index (χ3v) is 4.89. The molecule has 4 N–H and O–H groups in total. The van der Waals surface area contributed by atoms with Crippen molar-refractivity contribution in [3.8, 4) is 11.6 Å². The number of hydrogen-bond donors (Lipinski definition) is 4. The van der Waals surface area contributed by atoms with Crippen LogP contribution >= 0.6 is 0 Å². The topological polar surface area (TPSA) is 146 Å². The summed E-state index contributed by atoms with van der Waals surface area (Å²) < 4.78 is 43.7. The molecule has 0 spiro atoms. The van der Waals surface area contributed by atoms with Gasteiger partial charge in [-0.25, -0.2) is 9.79 Å². The lowest BCUT2D eigenvalue weighted by Gasteiger charge is -2.13. The molecule has 0 atom stereocenters. The van der Waals surface area contributed by atoms with Gasteiger partial charge < -0.3 is 20.1 Å². The van der Waals surface area contributed by atoms with Gasteiger partial charge in [-0.2, -0.15) is 19.6 Å². The highest BCUT2D eigenvalue weighted by molar-refractivity contribution is 5.57. The first kappa shape index (κ1) is 21.5. The van der Waals surface area contributed by atoms with E-state index in [1.165, 1.54) is 35.0 Å². The van der Waals surface area contributed by atoms with Crippen molar-refractivity contribution in [1.29, 1.82) is 0 Å². The SMILES string of the molecule is O=c1[nH]c(O)c(C=c2cnn3c(=NC4CC4)nc(NCc4ccccc4OC(F)(F)F)nc23)[nH]1. The number of fused-ring (bicyclic) bond motifs is 1. The predicted octanol–water partition coefficient (Wildman–Crippen LogP) is 0.968. The highest BCUT2D eigenvalue weighted by Crippen LogP contribution is 2.26. The summed E-state index contributed by atoms with van der Waals surface area (Å²) in [6.45, 7) is -0.0512. The quantitative estimate of drug-likeness (QED) is 0.326. The van der Waals surface area contributed by atoms with Crippen LogP contribution in [0.2, 0.25) is 0 Å². The summed E-state index contributed by atoms with van der Waals surface area (Å²) in [5, 5.41) is 17.5. The number of alkyl halides is 3. The Labute approximate surface area is 187 Å². The van der Waals surface area contributed by atoms with Crippen LogP contribution < -0.4 is 26.6 Å². The van der Waals surface area contributed by atoms with Crippen LogP contribution in [0.1, 0.15) is 24.1 Å². The Morgan fingerprint density at radius 3 is 2.76 bits per heavy atom. The molecule has 34 heavy (non-hydrogen) atoms. The van der Waals surface area contributed by atoms with Crippen molar-refractivity contribution in [2.45, 2.75) is 31.8 Å².